The molecule has 1 aromatic carbocycles. The highest BCUT2D eigenvalue weighted by atomic mass is 32.2. The topological polar surface area (TPSA) is 83.5 Å². The largest absolute Gasteiger partial charge is 0.478 e. The molecule has 2 aromatic rings. The lowest BCUT2D eigenvalue weighted by Gasteiger charge is -2.05. The van der Waals surface area contributed by atoms with Gasteiger partial charge in [-0.3, -0.25) is 0 Å². The highest BCUT2D eigenvalue weighted by molar-refractivity contribution is 7.91. The van der Waals surface area contributed by atoms with Crippen molar-refractivity contribution >= 4 is 27.3 Å². The van der Waals surface area contributed by atoms with Crippen LogP contribution in [0.25, 0.3) is 0 Å². The zero-order chi connectivity index (χ0) is 13.9. The summed E-state index contributed by atoms with van der Waals surface area (Å²) in [6.07, 6.45) is 0. The van der Waals surface area contributed by atoms with Crippen LogP contribution in [0.4, 0.5) is 0 Å². The summed E-state index contributed by atoms with van der Waals surface area (Å²) in [5, 5.41) is 10.5. The fourth-order valence-electron chi connectivity index (χ4n) is 1.48. The summed E-state index contributed by atoms with van der Waals surface area (Å²) in [5.74, 6) is -1.04. The van der Waals surface area contributed by atoms with Gasteiger partial charge in [0.1, 0.15) is 4.21 Å². The number of rotatable bonds is 5. The van der Waals surface area contributed by atoms with Gasteiger partial charge in [0, 0.05) is 6.54 Å². The number of hydrogen-bond acceptors (Lipinski definition) is 4. The van der Waals surface area contributed by atoms with Crippen LogP contribution >= 0.6 is 11.3 Å². The number of sulfonamides is 1. The molecule has 0 atom stereocenters. The normalized spacial score (nSPS) is 11.4. The standard InChI is InChI=1S/C12H11NO4S2/c14-12(15)10-4-1-3-9(7-10)8-13-19(16,17)11-5-2-6-18-11/h1-7,13H,8H2,(H,14,15). The third-order valence-electron chi connectivity index (χ3n) is 2.40. The molecule has 100 valence electrons. The summed E-state index contributed by atoms with van der Waals surface area (Å²) in [5.41, 5.74) is 0.729. The second-order valence-electron chi connectivity index (χ2n) is 3.76. The molecular weight excluding hydrogens is 286 g/mol. The lowest BCUT2D eigenvalue weighted by Crippen LogP contribution is -2.22. The second kappa shape index (κ2) is 5.52. The van der Waals surface area contributed by atoms with Gasteiger partial charge in [-0.1, -0.05) is 18.2 Å². The van der Waals surface area contributed by atoms with E-state index in [1.165, 1.54) is 18.2 Å². The van der Waals surface area contributed by atoms with E-state index in [9.17, 15) is 13.2 Å². The average Bonchev–Trinajstić information content (AvgIpc) is 2.91. The molecule has 1 heterocycles. The number of carbonyl (C=O) groups is 1. The first-order chi connectivity index (χ1) is 8.99. The van der Waals surface area contributed by atoms with Gasteiger partial charge in [-0.25, -0.2) is 17.9 Å². The summed E-state index contributed by atoms with van der Waals surface area (Å²) < 4.78 is 26.4. The molecule has 5 nitrogen and oxygen atoms in total. The Kier molecular flexibility index (Phi) is 3.98. The van der Waals surface area contributed by atoms with Crippen LogP contribution < -0.4 is 4.72 Å². The van der Waals surface area contributed by atoms with Crippen molar-refractivity contribution in [3.63, 3.8) is 0 Å². The molecule has 19 heavy (non-hydrogen) atoms. The number of aromatic carboxylic acids is 1. The van der Waals surface area contributed by atoms with Crippen molar-refractivity contribution in [2.45, 2.75) is 10.8 Å². The van der Waals surface area contributed by atoms with Crippen molar-refractivity contribution < 1.29 is 18.3 Å². The molecule has 0 amide bonds. The number of carboxylic acids is 1. The zero-order valence-electron chi connectivity index (χ0n) is 9.74. The predicted octanol–water partition coefficient (Wildman–Crippen LogP) is 1.92. The van der Waals surface area contributed by atoms with Gasteiger partial charge in [0.25, 0.3) is 0 Å². The van der Waals surface area contributed by atoms with Gasteiger partial charge in [-0.15, -0.1) is 11.3 Å². The molecular formula is C12H11NO4S2. The van der Waals surface area contributed by atoms with Crippen molar-refractivity contribution in [2.24, 2.45) is 0 Å². The minimum atomic E-state index is -3.53. The van der Waals surface area contributed by atoms with Gasteiger partial charge < -0.3 is 5.11 Å². The lowest BCUT2D eigenvalue weighted by molar-refractivity contribution is 0.0696. The quantitative estimate of drug-likeness (QED) is 0.883. The van der Waals surface area contributed by atoms with Gasteiger partial charge in [-0.2, -0.15) is 0 Å². The van der Waals surface area contributed by atoms with Crippen molar-refractivity contribution in [1.29, 1.82) is 0 Å². The first kappa shape index (κ1) is 13.7. The lowest BCUT2D eigenvalue weighted by atomic mass is 10.1. The second-order valence-corrected chi connectivity index (χ2v) is 6.70. The van der Waals surface area contributed by atoms with E-state index in [2.05, 4.69) is 4.72 Å². The number of nitrogens with one attached hydrogen (secondary N) is 1. The minimum Gasteiger partial charge on any atom is -0.478 e. The first-order valence-electron chi connectivity index (χ1n) is 5.34. The van der Waals surface area contributed by atoms with E-state index in [0.717, 1.165) is 11.3 Å². The summed E-state index contributed by atoms with van der Waals surface area (Å²) in [4.78, 5) is 10.8. The van der Waals surface area contributed by atoms with E-state index in [1.807, 2.05) is 0 Å². The molecule has 7 heteroatoms. The molecule has 0 saturated carbocycles. The first-order valence-corrected chi connectivity index (χ1v) is 7.71. The maximum Gasteiger partial charge on any atom is 0.335 e. The van der Waals surface area contributed by atoms with Crippen LogP contribution in [0.1, 0.15) is 15.9 Å². The van der Waals surface area contributed by atoms with Gasteiger partial charge in [0.15, 0.2) is 0 Å². The van der Waals surface area contributed by atoms with Crippen LogP contribution in [0.3, 0.4) is 0 Å². The van der Waals surface area contributed by atoms with Crippen LogP contribution in [0.2, 0.25) is 0 Å². The van der Waals surface area contributed by atoms with Crippen LogP contribution in [0.5, 0.6) is 0 Å². The summed E-state index contributed by atoms with van der Waals surface area (Å²) in [6, 6.07) is 9.32. The fourth-order valence-corrected chi connectivity index (χ4v) is 3.54. The van der Waals surface area contributed by atoms with Gasteiger partial charge in [0.2, 0.25) is 10.0 Å². The Morgan fingerprint density at radius 1 is 1.26 bits per heavy atom. The number of hydrogen-bond donors (Lipinski definition) is 2. The number of benzene rings is 1. The van der Waals surface area contributed by atoms with Crippen LogP contribution in [0.15, 0.2) is 46.0 Å². The maximum atomic E-state index is 11.9. The number of thiophene rings is 1. The summed E-state index contributed by atoms with van der Waals surface area (Å²) in [6.45, 7) is 0.0569. The Morgan fingerprint density at radius 3 is 2.68 bits per heavy atom. The highest BCUT2D eigenvalue weighted by Crippen LogP contribution is 2.16. The molecule has 0 bridgehead atoms. The highest BCUT2D eigenvalue weighted by Gasteiger charge is 2.14. The van der Waals surface area contributed by atoms with E-state index >= 15 is 0 Å². The smallest absolute Gasteiger partial charge is 0.335 e. The van der Waals surface area contributed by atoms with E-state index in [4.69, 9.17) is 5.11 Å². The Hall–Kier alpha value is -1.70. The van der Waals surface area contributed by atoms with Gasteiger partial charge >= 0.3 is 5.97 Å². The zero-order valence-corrected chi connectivity index (χ0v) is 11.4. The van der Waals surface area contributed by atoms with Crippen LogP contribution in [-0.2, 0) is 16.6 Å². The molecule has 0 spiro atoms. The Labute approximate surface area is 114 Å². The Morgan fingerprint density at radius 2 is 2.05 bits per heavy atom. The Balaban J connectivity index is 2.11. The number of carboxylic acid groups (broad SMARTS) is 1. The third kappa shape index (κ3) is 3.40. The SMILES string of the molecule is O=C(O)c1cccc(CNS(=O)(=O)c2cccs2)c1. The van der Waals surface area contributed by atoms with E-state index in [1.54, 1.807) is 23.6 Å². The van der Waals surface area contributed by atoms with Gasteiger partial charge in [0.05, 0.1) is 5.56 Å². The molecule has 1 aromatic heterocycles. The third-order valence-corrected chi connectivity index (χ3v) is 5.20. The molecule has 2 N–H and O–H groups in total. The van der Waals surface area contributed by atoms with Crippen molar-refractivity contribution in [3.8, 4) is 0 Å². The van der Waals surface area contributed by atoms with E-state index in [-0.39, 0.29) is 16.3 Å². The molecule has 0 aliphatic heterocycles. The van der Waals surface area contributed by atoms with E-state index in [0.29, 0.717) is 5.56 Å². The average molecular weight is 297 g/mol. The minimum absolute atomic E-state index is 0.0569. The fraction of sp³-hybridized carbons (Fsp3) is 0.0833. The van der Waals surface area contributed by atoms with E-state index < -0.39 is 16.0 Å². The monoisotopic (exact) mass is 297 g/mol. The van der Waals surface area contributed by atoms with Crippen LogP contribution in [0, 0.1) is 0 Å². The maximum absolute atomic E-state index is 11.9. The van der Waals surface area contributed by atoms with Gasteiger partial charge in [-0.05, 0) is 29.1 Å². The van der Waals surface area contributed by atoms with Crippen molar-refractivity contribution in [3.05, 3.63) is 52.9 Å². The summed E-state index contributed by atoms with van der Waals surface area (Å²) in [7, 11) is -3.53. The molecule has 2 rings (SSSR count). The summed E-state index contributed by atoms with van der Waals surface area (Å²) >= 11 is 1.13. The molecule has 0 aliphatic rings. The van der Waals surface area contributed by atoms with Crippen molar-refractivity contribution in [2.75, 3.05) is 0 Å². The van der Waals surface area contributed by atoms with Crippen molar-refractivity contribution in [1.82, 2.24) is 4.72 Å². The molecule has 0 saturated heterocycles. The van der Waals surface area contributed by atoms with Crippen LogP contribution in [-0.4, -0.2) is 19.5 Å². The predicted molar refractivity (Wildman–Crippen MR) is 71.7 cm³/mol. The molecule has 0 aliphatic carbocycles. The molecule has 0 fully saturated rings. The molecule has 0 unspecified atom stereocenters. The molecule has 0 radical (unpaired) electrons. The Bertz CT molecular complexity index is 678.